The van der Waals surface area contributed by atoms with Gasteiger partial charge >= 0.3 is 0 Å². The normalized spacial score (nSPS) is 10.9. The van der Waals surface area contributed by atoms with Crippen LogP contribution in [0.4, 0.5) is 5.69 Å². The van der Waals surface area contributed by atoms with Gasteiger partial charge in [0.1, 0.15) is 5.56 Å². The maximum Gasteiger partial charge on any atom is 0.282 e. The van der Waals surface area contributed by atoms with Crippen LogP contribution in [0.1, 0.15) is 10.4 Å². The maximum atomic E-state index is 12.5. The number of nitrogens with zero attached hydrogens (tertiary/aromatic N) is 1. The number of fused-ring (bicyclic) bond motifs is 1. The predicted octanol–water partition coefficient (Wildman–Crippen LogP) is 5.92. The number of hydrogen-bond donors (Lipinski definition) is 2. The molecule has 0 fully saturated rings. The van der Waals surface area contributed by atoms with Gasteiger partial charge in [0.15, 0.2) is 0 Å². The van der Waals surface area contributed by atoms with Crippen LogP contribution in [-0.2, 0) is 0 Å². The summed E-state index contributed by atoms with van der Waals surface area (Å²) in [6.07, 6.45) is 0. The maximum absolute atomic E-state index is 12.5. The molecule has 0 unspecified atom stereocenters. The number of carbonyl (C=O) groups is 1. The summed E-state index contributed by atoms with van der Waals surface area (Å²) in [5.41, 5.74) is 2.85. The fourth-order valence-corrected chi connectivity index (χ4v) is 4.56. The number of thioether (sulfide) groups is 1. The van der Waals surface area contributed by atoms with Gasteiger partial charge in [-0.3, -0.25) is 14.9 Å². The summed E-state index contributed by atoms with van der Waals surface area (Å²) >= 11 is 7.54. The molecule has 1 heterocycles. The van der Waals surface area contributed by atoms with Gasteiger partial charge in [0.2, 0.25) is 0 Å². The number of halogens is 1. The topological polar surface area (TPSA) is 88.0 Å². The van der Waals surface area contributed by atoms with Crippen LogP contribution in [0.25, 0.3) is 22.2 Å². The summed E-state index contributed by atoms with van der Waals surface area (Å²) in [6, 6.07) is 22.1. The molecule has 1 amide bonds. The molecule has 0 atom stereocenters. The van der Waals surface area contributed by atoms with Crippen molar-refractivity contribution in [2.75, 3.05) is 12.3 Å². The van der Waals surface area contributed by atoms with Gasteiger partial charge in [-0.05, 0) is 23.8 Å². The van der Waals surface area contributed by atoms with Gasteiger partial charge in [-0.25, -0.2) is 0 Å². The Hall–Kier alpha value is -3.29. The van der Waals surface area contributed by atoms with Crippen molar-refractivity contribution < 1.29 is 9.72 Å². The average molecular weight is 452 g/mol. The van der Waals surface area contributed by atoms with Gasteiger partial charge in [-0.2, -0.15) is 0 Å². The summed E-state index contributed by atoms with van der Waals surface area (Å²) in [4.78, 5) is 27.7. The quantitative estimate of drug-likeness (QED) is 0.158. The molecule has 6 nitrogen and oxygen atoms in total. The van der Waals surface area contributed by atoms with Gasteiger partial charge in [-0.1, -0.05) is 60.1 Å². The third kappa shape index (κ3) is 4.57. The highest BCUT2D eigenvalue weighted by molar-refractivity contribution is 7.99. The molecular formula is C23H18ClN3O3S. The number of aromatic amines is 1. The molecule has 156 valence electrons. The van der Waals surface area contributed by atoms with Crippen LogP contribution < -0.4 is 5.32 Å². The first kappa shape index (κ1) is 21.0. The Kier molecular flexibility index (Phi) is 6.25. The summed E-state index contributed by atoms with van der Waals surface area (Å²) in [7, 11) is 0. The lowest BCUT2D eigenvalue weighted by atomic mass is 10.1. The molecule has 1 aromatic heterocycles. The molecule has 0 aliphatic carbocycles. The summed E-state index contributed by atoms with van der Waals surface area (Å²) in [5, 5.41) is 15.3. The minimum absolute atomic E-state index is 0.0421. The monoisotopic (exact) mass is 451 g/mol. The van der Waals surface area contributed by atoms with Crippen molar-refractivity contribution in [1.82, 2.24) is 10.3 Å². The second-order valence-electron chi connectivity index (χ2n) is 6.76. The fraction of sp³-hybridized carbons (Fsp3) is 0.0870. The Morgan fingerprint density at radius 1 is 1.06 bits per heavy atom. The van der Waals surface area contributed by atoms with Crippen molar-refractivity contribution in [3.63, 3.8) is 0 Å². The number of amides is 1. The minimum Gasteiger partial charge on any atom is -0.354 e. The van der Waals surface area contributed by atoms with E-state index in [1.54, 1.807) is 11.8 Å². The van der Waals surface area contributed by atoms with E-state index >= 15 is 0 Å². The average Bonchev–Trinajstić information content (AvgIpc) is 3.15. The number of hydrogen-bond acceptors (Lipinski definition) is 4. The Balaban J connectivity index is 1.49. The Bertz CT molecular complexity index is 1260. The van der Waals surface area contributed by atoms with E-state index in [9.17, 15) is 14.9 Å². The predicted molar refractivity (Wildman–Crippen MR) is 125 cm³/mol. The Morgan fingerprint density at radius 3 is 2.58 bits per heavy atom. The van der Waals surface area contributed by atoms with Crippen LogP contribution in [0, 0.1) is 10.1 Å². The van der Waals surface area contributed by atoms with Crippen LogP contribution in [-0.4, -0.2) is 28.1 Å². The molecule has 0 spiro atoms. The highest BCUT2D eigenvalue weighted by atomic mass is 35.5. The molecule has 0 aliphatic rings. The van der Waals surface area contributed by atoms with Gasteiger partial charge in [0.25, 0.3) is 11.6 Å². The zero-order valence-electron chi connectivity index (χ0n) is 16.3. The number of H-pyrrole nitrogens is 1. The second-order valence-corrected chi connectivity index (χ2v) is 8.31. The molecule has 0 radical (unpaired) electrons. The molecule has 4 aromatic rings. The largest absolute Gasteiger partial charge is 0.354 e. The first-order valence-electron chi connectivity index (χ1n) is 9.55. The standard InChI is InChI=1S/C23H18ClN3O3S/c24-16-10-11-20(27(29)30)18(14-16)23(28)25-12-13-31-22-17-8-4-5-9-19(17)26-21(22)15-6-2-1-3-7-15/h1-11,14,26H,12-13H2,(H,25,28). The highest BCUT2D eigenvalue weighted by Gasteiger charge is 2.20. The number of rotatable bonds is 7. The van der Waals surface area contributed by atoms with Gasteiger partial charge in [0, 0.05) is 39.2 Å². The summed E-state index contributed by atoms with van der Waals surface area (Å²) in [5.74, 6) is 0.0823. The zero-order chi connectivity index (χ0) is 21.8. The zero-order valence-corrected chi connectivity index (χ0v) is 17.9. The SMILES string of the molecule is O=C(NCCSc1c(-c2ccccc2)[nH]c2ccccc12)c1cc(Cl)ccc1[N+](=O)[O-]. The van der Waals surface area contributed by atoms with Crippen molar-refractivity contribution in [3.8, 4) is 11.3 Å². The molecule has 4 rings (SSSR count). The number of nitro benzene ring substituents is 1. The van der Waals surface area contributed by atoms with E-state index in [0.717, 1.165) is 27.1 Å². The van der Waals surface area contributed by atoms with Gasteiger partial charge in [0.05, 0.1) is 10.6 Å². The van der Waals surface area contributed by atoms with E-state index in [1.807, 2.05) is 36.4 Å². The van der Waals surface area contributed by atoms with Crippen molar-refractivity contribution in [1.29, 1.82) is 0 Å². The fourth-order valence-electron chi connectivity index (χ4n) is 3.34. The third-order valence-electron chi connectivity index (χ3n) is 4.75. The van der Waals surface area contributed by atoms with E-state index < -0.39 is 10.8 Å². The lowest BCUT2D eigenvalue weighted by Gasteiger charge is -2.08. The van der Waals surface area contributed by atoms with Crippen LogP contribution in [0.15, 0.2) is 77.7 Å². The molecule has 3 aromatic carbocycles. The number of carbonyl (C=O) groups excluding carboxylic acids is 1. The first-order valence-corrected chi connectivity index (χ1v) is 10.9. The molecular weight excluding hydrogens is 434 g/mol. The number of aromatic nitrogens is 1. The van der Waals surface area contributed by atoms with Crippen molar-refractivity contribution in [3.05, 3.63) is 93.5 Å². The third-order valence-corrected chi connectivity index (χ3v) is 6.11. The lowest BCUT2D eigenvalue weighted by Crippen LogP contribution is -2.26. The molecule has 0 saturated heterocycles. The Morgan fingerprint density at radius 2 is 1.81 bits per heavy atom. The molecule has 31 heavy (non-hydrogen) atoms. The first-order chi connectivity index (χ1) is 15.0. The molecule has 2 N–H and O–H groups in total. The number of nitrogens with one attached hydrogen (secondary N) is 2. The van der Waals surface area contributed by atoms with Crippen LogP contribution in [0.5, 0.6) is 0 Å². The van der Waals surface area contributed by atoms with Crippen LogP contribution in [0.2, 0.25) is 5.02 Å². The molecule has 0 saturated carbocycles. The van der Waals surface area contributed by atoms with E-state index in [1.165, 1.54) is 18.2 Å². The minimum atomic E-state index is -0.585. The van der Waals surface area contributed by atoms with Gasteiger partial charge < -0.3 is 10.3 Å². The smallest absolute Gasteiger partial charge is 0.282 e. The van der Waals surface area contributed by atoms with Gasteiger partial charge in [-0.15, -0.1) is 11.8 Å². The molecule has 0 bridgehead atoms. The summed E-state index contributed by atoms with van der Waals surface area (Å²) in [6.45, 7) is 0.348. The van der Waals surface area contributed by atoms with Crippen molar-refractivity contribution in [2.24, 2.45) is 0 Å². The summed E-state index contributed by atoms with van der Waals surface area (Å²) < 4.78 is 0. The van der Waals surface area contributed by atoms with Crippen LogP contribution in [0.3, 0.4) is 0 Å². The number of para-hydroxylation sites is 1. The van der Waals surface area contributed by atoms with Crippen molar-refractivity contribution in [2.45, 2.75) is 4.90 Å². The number of nitro groups is 1. The molecule has 0 aliphatic heterocycles. The van der Waals surface area contributed by atoms with E-state index in [-0.39, 0.29) is 16.3 Å². The molecule has 8 heteroatoms. The highest BCUT2D eigenvalue weighted by Crippen LogP contribution is 2.37. The Labute approximate surface area is 187 Å². The lowest BCUT2D eigenvalue weighted by molar-refractivity contribution is -0.385. The van der Waals surface area contributed by atoms with Crippen LogP contribution >= 0.6 is 23.4 Å². The van der Waals surface area contributed by atoms with E-state index in [0.29, 0.717) is 12.3 Å². The number of benzene rings is 3. The van der Waals surface area contributed by atoms with E-state index in [4.69, 9.17) is 11.6 Å². The van der Waals surface area contributed by atoms with Crippen molar-refractivity contribution >= 4 is 45.9 Å². The second kappa shape index (κ2) is 9.24. The van der Waals surface area contributed by atoms with E-state index in [2.05, 4.69) is 28.5 Å².